The van der Waals surface area contributed by atoms with Crippen LogP contribution in [-0.2, 0) is 9.59 Å². The van der Waals surface area contributed by atoms with Gasteiger partial charge < -0.3 is 15.3 Å². The second-order valence-corrected chi connectivity index (χ2v) is 4.54. The molecule has 1 aliphatic heterocycles. The highest BCUT2D eigenvalue weighted by atomic mass is 16.4. The van der Waals surface area contributed by atoms with Crippen molar-refractivity contribution in [1.82, 2.24) is 10.2 Å². The molecule has 1 aliphatic rings. The second-order valence-electron chi connectivity index (χ2n) is 4.54. The van der Waals surface area contributed by atoms with Gasteiger partial charge in [-0.25, -0.2) is 4.79 Å². The fourth-order valence-corrected chi connectivity index (χ4v) is 2.21. The van der Waals surface area contributed by atoms with Crippen LogP contribution in [-0.4, -0.2) is 47.6 Å². The topological polar surface area (TPSA) is 69.6 Å². The number of carbonyl (C=O) groups is 2. The fourth-order valence-electron chi connectivity index (χ4n) is 2.21. The number of likely N-dealkylation sites (N-methyl/N-ethyl adjacent to an activating group) is 1. The van der Waals surface area contributed by atoms with Gasteiger partial charge in [-0.1, -0.05) is 13.8 Å². The van der Waals surface area contributed by atoms with Crippen LogP contribution in [0.5, 0.6) is 0 Å². The zero-order valence-electron chi connectivity index (χ0n) is 10.1. The van der Waals surface area contributed by atoms with E-state index in [-0.39, 0.29) is 17.9 Å². The van der Waals surface area contributed by atoms with E-state index in [2.05, 4.69) is 5.32 Å². The summed E-state index contributed by atoms with van der Waals surface area (Å²) < 4.78 is 0. The molecule has 1 heterocycles. The van der Waals surface area contributed by atoms with Crippen LogP contribution in [0.25, 0.3) is 0 Å². The smallest absolute Gasteiger partial charge is 0.326 e. The van der Waals surface area contributed by atoms with E-state index in [4.69, 9.17) is 5.11 Å². The number of rotatable bonds is 4. The average molecular weight is 228 g/mol. The van der Waals surface area contributed by atoms with E-state index in [9.17, 15) is 9.59 Å². The van der Waals surface area contributed by atoms with Crippen LogP contribution >= 0.6 is 0 Å². The number of hydrogen-bond acceptors (Lipinski definition) is 3. The van der Waals surface area contributed by atoms with E-state index in [1.807, 2.05) is 13.8 Å². The maximum Gasteiger partial charge on any atom is 0.326 e. The third-order valence-electron chi connectivity index (χ3n) is 3.06. The summed E-state index contributed by atoms with van der Waals surface area (Å²) in [6.07, 6.45) is 1.34. The minimum absolute atomic E-state index is 0.0950. The van der Waals surface area contributed by atoms with Gasteiger partial charge in [0.15, 0.2) is 0 Å². The van der Waals surface area contributed by atoms with Crippen molar-refractivity contribution in [3.8, 4) is 0 Å². The van der Waals surface area contributed by atoms with Crippen LogP contribution in [0.15, 0.2) is 0 Å². The highest BCUT2D eigenvalue weighted by Gasteiger charge is 2.37. The monoisotopic (exact) mass is 228 g/mol. The molecule has 1 saturated heterocycles. The first-order valence-electron chi connectivity index (χ1n) is 5.69. The Kier molecular flexibility index (Phi) is 4.29. The van der Waals surface area contributed by atoms with Crippen molar-refractivity contribution >= 4 is 11.9 Å². The molecule has 92 valence electrons. The Morgan fingerprint density at radius 3 is 2.50 bits per heavy atom. The van der Waals surface area contributed by atoms with Crippen molar-refractivity contribution in [2.45, 2.75) is 38.8 Å². The molecular weight excluding hydrogens is 208 g/mol. The van der Waals surface area contributed by atoms with Crippen LogP contribution < -0.4 is 5.32 Å². The molecule has 0 bridgehead atoms. The minimum Gasteiger partial charge on any atom is -0.480 e. The number of carbonyl (C=O) groups excluding carboxylic acids is 1. The van der Waals surface area contributed by atoms with Gasteiger partial charge in [0.1, 0.15) is 6.04 Å². The number of carboxylic acid groups (broad SMARTS) is 1. The molecule has 0 unspecified atom stereocenters. The number of hydrogen-bond donors (Lipinski definition) is 2. The normalized spacial score (nSPS) is 22.5. The number of amides is 1. The van der Waals surface area contributed by atoms with E-state index in [0.717, 1.165) is 6.42 Å². The molecule has 0 aromatic heterocycles. The molecule has 0 aromatic carbocycles. The van der Waals surface area contributed by atoms with Gasteiger partial charge in [-0.05, 0) is 25.8 Å². The summed E-state index contributed by atoms with van der Waals surface area (Å²) in [6, 6.07) is -0.929. The first-order chi connectivity index (χ1) is 7.49. The quantitative estimate of drug-likeness (QED) is 0.726. The Bertz CT molecular complexity index is 278. The highest BCUT2D eigenvalue weighted by Crippen LogP contribution is 2.20. The van der Waals surface area contributed by atoms with Crippen LogP contribution in [0, 0.1) is 5.92 Å². The Morgan fingerprint density at radius 1 is 1.44 bits per heavy atom. The maximum absolute atomic E-state index is 12.1. The lowest BCUT2D eigenvalue weighted by Crippen LogP contribution is -2.51. The van der Waals surface area contributed by atoms with E-state index in [1.54, 1.807) is 7.05 Å². The third-order valence-corrected chi connectivity index (χ3v) is 3.06. The molecule has 2 atom stereocenters. The molecule has 5 nitrogen and oxygen atoms in total. The third kappa shape index (κ3) is 2.52. The van der Waals surface area contributed by atoms with Crippen molar-refractivity contribution in [3.63, 3.8) is 0 Å². The molecule has 1 fully saturated rings. The van der Waals surface area contributed by atoms with Gasteiger partial charge in [0.25, 0.3) is 0 Å². The molecule has 0 saturated carbocycles. The highest BCUT2D eigenvalue weighted by molar-refractivity contribution is 5.87. The summed E-state index contributed by atoms with van der Waals surface area (Å²) in [5.41, 5.74) is 0. The molecule has 0 radical (unpaired) electrons. The molecule has 2 N–H and O–H groups in total. The van der Waals surface area contributed by atoms with Crippen LogP contribution in [0.3, 0.4) is 0 Å². The van der Waals surface area contributed by atoms with Gasteiger partial charge in [0, 0.05) is 6.54 Å². The van der Waals surface area contributed by atoms with Crippen molar-refractivity contribution in [3.05, 3.63) is 0 Å². The molecule has 16 heavy (non-hydrogen) atoms. The Morgan fingerprint density at radius 2 is 2.06 bits per heavy atom. The summed E-state index contributed by atoms with van der Waals surface area (Å²) in [7, 11) is 1.73. The molecule has 0 aliphatic carbocycles. The zero-order valence-corrected chi connectivity index (χ0v) is 10.1. The van der Waals surface area contributed by atoms with Crippen molar-refractivity contribution in [1.29, 1.82) is 0 Å². The van der Waals surface area contributed by atoms with Gasteiger partial charge >= 0.3 is 5.97 Å². The lowest BCUT2D eigenvalue weighted by atomic mass is 10.0. The van der Waals surface area contributed by atoms with E-state index in [0.29, 0.717) is 13.0 Å². The molecule has 0 spiro atoms. The maximum atomic E-state index is 12.1. The average Bonchev–Trinajstić information content (AvgIpc) is 2.65. The molecule has 1 amide bonds. The van der Waals surface area contributed by atoms with Crippen LogP contribution in [0.4, 0.5) is 0 Å². The zero-order chi connectivity index (χ0) is 12.3. The minimum atomic E-state index is -0.899. The number of nitrogens with zero attached hydrogens (tertiary/aromatic N) is 1. The fraction of sp³-hybridized carbons (Fsp3) is 0.818. The van der Waals surface area contributed by atoms with E-state index >= 15 is 0 Å². The SMILES string of the molecule is CN[C@H](C(=O)N1CCC[C@H]1C(=O)O)C(C)C. The number of aliphatic carboxylic acids is 1. The van der Waals surface area contributed by atoms with E-state index in [1.165, 1.54) is 4.90 Å². The molecular formula is C11H20N2O3. The Hall–Kier alpha value is -1.10. The lowest BCUT2D eigenvalue weighted by Gasteiger charge is -2.28. The van der Waals surface area contributed by atoms with Gasteiger partial charge in [-0.2, -0.15) is 0 Å². The van der Waals surface area contributed by atoms with Gasteiger partial charge in [0.2, 0.25) is 5.91 Å². The van der Waals surface area contributed by atoms with Gasteiger partial charge in [-0.3, -0.25) is 4.79 Å². The largest absolute Gasteiger partial charge is 0.480 e. The molecule has 5 heteroatoms. The number of nitrogens with one attached hydrogen (secondary N) is 1. The summed E-state index contributed by atoms with van der Waals surface area (Å²) in [5, 5.41) is 12.0. The summed E-state index contributed by atoms with van der Waals surface area (Å²) >= 11 is 0. The molecule has 0 aromatic rings. The Labute approximate surface area is 95.8 Å². The first kappa shape index (κ1) is 13.0. The van der Waals surface area contributed by atoms with Crippen LogP contribution in [0.1, 0.15) is 26.7 Å². The van der Waals surface area contributed by atoms with Gasteiger partial charge in [0.05, 0.1) is 6.04 Å². The number of likely N-dealkylation sites (tertiary alicyclic amines) is 1. The van der Waals surface area contributed by atoms with Crippen molar-refractivity contribution < 1.29 is 14.7 Å². The molecule has 1 rings (SSSR count). The summed E-state index contributed by atoms with van der Waals surface area (Å²) in [5.74, 6) is -0.834. The Balaban J connectivity index is 2.75. The summed E-state index contributed by atoms with van der Waals surface area (Å²) in [6.45, 7) is 4.45. The number of carboxylic acids is 1. The van der Waals surface area contributed by atoms with E-state index < -0.39 is 12.0 Å². The van der Waals surface area contributed by atoms with Crippen LogP contribution in [0.2, 0.25) is 0 Å². The first-order valence-corrected chi connectivity index (χ1v) is 5.69. The van der Waals surface area contributed by atoms with Gasteiger partial charge in [-0.15, -0.1) is 0 Å². The van der Waals surface area contributed by atoms with Crippen molar-refractivity contribution in [2.24, 2.45) is 5.92 Å². The standard InChI is InChI=1S/C11H20N2O3/c1-7(2)9(12-3)10(14)13-6-4-5-8(13)11(15)16/h7-9,12H,4-6H2,1-3H3,(H,15,16)/t8-,9-/m0/s1. The summed E-state index contributed by atoms with van der Waals surface area (Å²) in [4.78, 5) is 24.6. The second kappa shape index (κ2) is 5.30. The predicted molar refractivity (Wildman–Crippen MR) is 60.1 cm³/mol. The predicted octanol–water partition coefficient (Wildman–Crippen LogP) is 0.306. The van der Waals surface area contributed by atoms with Crippen molar-refractivity contribution in [2.75, 3.05) is 13.6 Å². The lowest BCUT2D eigenvalue weighted by molar-refractivity contribution is -0.149.